The van der Waals surface area contributed by atoms with Gasteiger partial charge in [0.05, 0.1) is 20.3 Å². The van der Waals surface area contributed by atoms with Gasteiger partial charge in [-0.2, -0.15) is 0 Å². The smallest absolute Gasteiger partial charge is 0.303 e. The zero-order chi connectivity index (χ0) is 28.9. The summed E-state index contributed by atoms with van der Waals surface area (Å²) in [6.07, 6.45) is -2.92. The second kappa shape index (κ2) is 10.4. The quantitative estimate of drug-likeness (QED) is 0.485. The van der Waals surface area contributed by atoms with Gasteiger partial charge in [0, 0.05) is 53.4 Å². The Morgan fingerprint density at radius 3 is 2.27 bits per heavy atom. The summed E-state index contributed by atoms with van der Waals surface area (Å²) < 4.78 is 23.4. The van der Waals surface area contributed by atoms with E-state index in [0.29, 0.717) is 28.7 Å². The van der Waals surface area contributed by atoms with Gasteiger partial charge in [-0.15, -0.1) is 0 Å². The fourth-order valence-electron chi connectivity index (χ4n) is 6.59. The van der Waals surface area contributed by atoms with Crippen molar-refractivity contribution < 1.29 is 43.5 Å². The molecule has 1 heterocycles. The van der Waals surface area contributed by atoms with Gasteiger partial charge in [0.2, 0.25) is 0 Å². The van der Waals surface area contributed by atoms with E-state index in [1.807, 2.05) is 0 Å². The number of halogens is 1. The van der Waals surface area contributed by atoms with Crippen molar-refractivity contribution in [3.05, 3.63) is 68.9 Å². The molecule has 3 aliphatic rings. The molecule has 5 rings (SSSR count). The summed E-state index contributed by atoms with van der Waals surface area (Å²) in [6, 6.07) is 9.22. The number of hydrogen-bond donors (Lipinski definition) is 2. The number of benzene rings is 2. The fourth-order valence-corrected chi connectivity index (χ4v) is 6.85. The number of carbonyl (C=O) groups excluding carboxylic acids is 3. The molecule has 2 aromatic rings. The average Bonchev–Trinajstić information content (AvgIpc) is 2.91. The number of piperidine rings is 1. The zero-order valence-corrected chi connectivity index (χ0v) is 24.1. The molecule has 2 aromatic carbocycles. The van der Waals surface area contributed by atoms with Gasteiger partial charge >= 0.3 is 11.9 Å². The number of aliphatic hydroxyl groups is 1. The van der Waals surface area contributed by atoms with Crippen molar-refractivity contribution in [2.75, 3.05) is 20.8 Å². The van der Waals surface area contributed by atoms with Gasteiger partial charge in [-0.1, -0.05) is 22.0 Å². The molecule has 2 aliphatic carbocycles. The minimum Gasteiger partial charge on any atom is -0.504 e. The minimum absolute atomic E-state index is 0.115. The first kappa shape index (κ1) is 28.0. The van der Waals surface area contributed by atoms with Crippen molar-refractivity contribution in [3.8, 4) is 11.5 Å². The summed E-state index contributed by atoms with van der Waals surface area (Å²) in [5.74, 6) is -1.30. The molecule has 0 radical (unpaired) electrons. The van der Waals surface area contributed by atoms with Gasteiger partial charge in [-0.3, -0.25) is 14.4 Å². The Morgan fingerprint density at radius 1 is 1.00 bits per heavy atom. The lowest BCUT2D eigenvalue weighted by Crippen LogP contribution is -2.63. The summed E-state index contributed by atoms with van der Waals surface area (Å²) in [5.41, 5.74) is 0.717. The lowest BCUT2D eigenvalue weighted by molar-refractivity contribution is -0.169. The van der Waals surface area contributed by atoms with Crippen molar-refractivity contribution in [2.24, 2.45) is 0 Å². The summed E-state index contributed by atoms with van der Waals surface area (Å²) in [5, 5.41) is 23.3. The summed E-state index contributed by atoms with van der Waals surface area (Å²) in [4.78, 5) is 39.8. The molecule has 10 nitrogen and oxygen atoms in total. The molecule has 0 aromatic heterocycles. The summed E-state index contributed by atoms with van der Waals surface area (Å²) >= 11 is 3.39. The van der Waals surface area contributed by atoms with Crippen molar-refractivity contribution in [1.29, 1.82) is 0 Å². The predicted octanol–water partition coefficient (Wildman–Crippen LogP) is 3.53. The molecular weight excluding hydrogens is 586 g/mol. The van der Waals surface area contributed by atoms with Crippen molar-refractivity contribution in [3.63, 3.8) is 0 Å². The van der Waals surface area contributed by atoms with Crippen LogP contribution in [0, 0.1) is 0 Å². The van der Waals surface area contributed by atoms with Gasteiger partial charge in [0.25, 0.3) is 5.91 Å². The van der Waals surface area contributed by atoms with Crippen LogP contribution < -0.4 is 4.74 Å². The number of carbonyl (C=O) groups is 3. The molecular formula is C29H30BrNO9. The first-order valence-corrected chi connectivity index (χ1v) is 13.6. The highest BCUT2D eigenvalue weighted by Crippen LogP contribution is 2.62. The van der Waals surface area contributed by atoms with Gasteiger partial charge in [0.1, 0.15) is 18.0 Å². The second-order valence-corrected chi connectivity index (χ2v) is 11.1. The maximum atomic E-state index is 13.9. The van der Waals surface area contributed by atoms with Gasteiger partial charge in [-0.05, 0) is 42.3 Å². The van der Waals surface area contributed by atoms with Crippen molar-refractivity contribution >= 4 is 33.8 Å². The molecule has 2 bridgehead atoms. The summed E-state index contributed by atoms with van der Waals surface area (Å²) in [7, 11) is 2.82. The normalized spacial score (nSPS) is 26.8. The van der Waals surface area contributed by atoms with E-state index in [1.54, 1.807) is 41.3 Å². The number of phenolic OH excluding ortho intramolecular Hbond substituents is 1. The Kier molecular flexibility index (Phi) is 7.30. The molecule has 0 spiro atoms. The molecule has 5 atom stereocenters. The fraction of sp³-hybridized carbons (Fsp3) is 0.414. The van der Waals surface area contributed by atoms with Crippen LogP contribution in [0.1, 0.15) is 54.3 Å². The second-order valence-electron chi connectivity index (χ2n) is 10.2. The molecule has 1 fully saturated rings. The van der Waals surface area contributed by atoms with Crippen LogP contribution in [0.3, 0.4) is 0 Å². The van der Waals surface area contributed by atoms with E-state index in [-0.39, 0.29) is 36.1 Å². The molecule has 0 saturated carbocycles. The molecule has 0 unspecified atom stereocenters. The Hall–Kier alpha value is -3.57. The van der Waals surface area contributed by atoms with E-state index in [1.165, 1.54) is 28.1 Å². The van der Waals surface area contributed by atoms with E-state index in [2.05, 4.69) is 15.9 Å². The Morgan fingerprint density at radius 2 is 1.68 bits per heavy atom. The number of ether oxygens (including phenoxy) is 4. The number of rotatable bonds is 5. The van der Waals surface area contributed by atoms with Crippen molar-refractivity contribution in [1.82, 2.24) is 4.90 Å². The van der Waals surface area contributed by atoms with E-state index in [4.69, 9.17) is 18.9 Å². The number of esters is 2. The molecule has 11 heteroatoms. The molecule has 1 saturated heterocycles. The zero-order valence-electron chi connectivity index (χ0n) is 22.5. The topological polar surface area (TPSA) is 132 Å². The Bertz CT molecular complexity index is 1400. The third kappa shape index (κ3) is 4.32. The van der Waals surface area contributed by atoms with Crippen LogP contribution >= 0.6 is 15.9 Å². The lowest BCUT2D eigenvalue weighted by Gasteiger charge is -2.58. The third-order valence-corrected chi connectivity index (χ3v) is 8.54. The molecule has 2 N–H and O–H groups in total. The highest BCUT2D eigenvalue weighted by atomic mass is 79.9. The van der Waals surface area contributed by atoms with Crippen molar-refractivity contribution in [2.45, 2.75) is 56.5 Å². The Balaban J connectivity index is 1.79. The van der Waals surface area contributed by atoms with E-state index >= 15 is 0 Å². The average molecular weight is 616 g/mol. The number of likely N-dealkylation sites (tertiary alicyclic amines) is 1. The van der Waals surface area contributed by atoms with Crippen LogP contribution in [-0.4, -0.2) is 72.0 Å². The van der Waals surface area contributed by atoms with Crippen LogP contribution in [-0.2, 0) is 29.2 Å². The van der Waals surface area contributed by atoms with E-state index < -0.39 is 41.7 Å². The standard InChI is InChI=1S/C29H30BrNO9/c1-14(32)39-20-13-29-11-12-31(28(36)16-5-7-17(30)8-6-16)23(22(29)27(38-4)26(20)40-15(2)33)24(34)18-9-10-19(37-3)25(35)21(18)29/h5-10,20,23-24,26,34-35H,11-13H2,1-4H3/t20-,23+,24-,26+,29-/m1/s1. The van der Waals surface area contributed by atoms with E-state index in [0.717, 1.165) is 4.47 Å². The van der Waals surface area contributed by atoms with Gasteiger partial charge in [0.15, 0.2) is 17.6 Å². The maximum Gasteiger partial charge on any atom is 0.303 e. The number of aromatic hydroxyl groups is 1. The summed E-state index contributed by atoms with van der Waals surface area (Å²) in [6.45, 7) is 2.72. The molecule has 212 valence electrons. The number of methoxy groups -OCH3 is 2. The largest absolute Gasteiger partial charge is 0.504 e. The number of nitrogens with zero attached hydrogens (tertiary/aromatic N) is 1. The third-order valence-electron chi connectivity index (χ3n) is 8.01. The number of aliphatic hydroxyl groups excluding tert-OH is 1. The number of phenols is 1. The van der Waals surface area contributed by atoms with Gasteiger partial charge in [-0.25, -0.2) is 0 Å². The van der Waals surface area contributed by atoms with Crippen LogP contribution in [0.5, 0.6) is 11.5 Å². The maximum absolute atomic E-state index is 13.9. The SMILES string of the molecule is COC1=C2[C@H]3[C@H](O)c4ccc(OC)c(O)c4[C@@]2(CCN3C(=O)c2ccc(Br)cc2)C[C@@H](OC(C)=O)[C@@H]1OC(C)=O. The predicted molar refractivity (Wildman–Crippen MR) is 145 cm³/mol. The van der Waals surface area contributed by atoms with Gasteiger partial charge < -0.3 is 34.1 Å². The minimum atomic E-state index is -1.26. The molecule has 40 heavy (non-hydrogen) atoms. The van der Waals surface area contributed by atoms with Crippen LogP contribution in [0.4, 0.5) is 0 Å². The number of amides is 1. The highest BCUT2D eigenvalue weighted by Gasteiger charge is 2.62. The number of hydrogen-bond acceptors (Lipinski definition) is 9. The molecule has 1 amide bonds. The van der Waals surface area contributed by atoms with Crippen LogP contribution in [0.2, 0.25) is 0 Å². The monoisotopic (exact) mass is 615 g/mol. The van der Waals surface area contributed by atoms with Crippen LogP contribution in [0.25, 0.3) is 0 Å². The Labute approximate surface area is 239 Å². The van der Waals surface area contributed by atoms with Crippen LogP contribution in [0.15, 0.2) is 52.2 Å². The molecule has 1 aliphatic heterocycles. The first-order valence-electron chi connectivity index (χ1n) is 12.8. The highest BCUT2D eigenvalue weighted by molar-refractivity contribution is 9.10. The number of fused-ring (bicyclic) bond motifs is 1. The first-order chi connectivity index (χ1) is 19.0. The lowest BCUT2D eigenvalue weighted by atomic mass is 9.54. The van der Waals surface area contributed by atoms with E-state index in [9.17, 15) is 24.6 Å².